The van der Waals surface area contributed by atoms with Gasteiger partial charge >= 0.3 is 0 Å². The molecule has 0 saturated carbocycles. The first kappa shape index (κ1) is 14.1. The average Bonchev–Trinajstić information content (AvgIpc) is 2.72. The summed E-state index contributed by atoms with van der Waals surface area (Å²) in [5.74, 6) is 1.38. The van der Waals surface area contributed by atoms with Crippen LogP contribution in [0.15, 0.2) is 4.52 Å². The Hall–Kier alpha value is -0.970. The number of halogens is 1. The van der Waals surface area contributed by atoms with Crippen molar-refractivity contribution in [3.8, 4) is 0 Å². The van der Waals surface area contributed by atoms with E-state index in [1.807, 2.05) is 25.7 Å². The number of alkyl halides is 1. The number of nitrogens with zero attached hydrogens (tertiary/aromatic N) is 3. The molecule has 2 rings (SSSR count). The van der Waals surface area contributed by atoms with Gasteiger partial charge < -0.3 is 4.52 Å². The maximum Gasteiger partial charge on any atom is 0.240 e. The van der Waals surface area contributed by atoms with Crippen molar-refractivity contribution in [2.75, 3.05) is 13.1 Å². The Kier molecular flexibility index (Phi) is 5.55. The highest BCUT2D eigenvalue weighted by Gasteiger charge is 2.26. The summed E-state index contributed by atoms with van der Waals surface area (Å²) in [5, 5.41) is 3.71. The summed E-state index contributed by atoms with van der Waals surface area (Å²) in [6.07, 6.45) is 0.164. The topological polar surface area (TPSA) is 42.2 Å². The molecule has 98 valence electrons. The summed E-state index contributed by atoms with van der Waals surface area (Å²) in [7, 11) is 0. The van der Waals surface area contributed by atoms with Gasteiger partial charge in [-0.25, -0.2) is 4.39 Å². The van der Waals surface area contributed by atoms with Gasteiger partial charge in [0.15, 0.2) is 5.82 Å². The monoisotopic (exact) mass is 243 g/mol. The molecule has 2 atom stereocenters. The Morgan fingerprint density at radius 2 is 2.18 bits per heavy atom. The van der Waals surface area contributed by atoms with Crippen LogP contribution in [0.2, 0.25) is 0 Å². The molecular formula is C12H22FN3O. The summed E-state index contributed by atoms with van der Waals surface area (Å²) >= 11 is 0. The lowest BCUT2D eigenvalue weighted by Crippen LogP contribution is -2.40. The van der Waals surface area contributed by atoms with Gasteiger partial charge in [0.25, 0.3) is 0 Å². The summed E-state index contributed by atoms with van der Waals surface area (Å²) in [5.41, 5.74) is 0. The van der Waals surface area contributed by atoms with Crippen LogP contribution in [0.3, 0.4) is 0 Å². The van der Waals surface area contributed by atoms with Crippen molar-refractivity contribution in [3.05, 3.63) is 11.7 Å². The molecule has 1 fully saturated rings. The van der Waals surface area contributed by atoms with Gasteiger partial charge in [-0.1, -0.05) is 25.9 Å². The fourth-order valence-corrected chi connectivity index (χ4v) is 1.82. The zero-order chi connectivity index (χ0) is 12.8. The van der Waals surface area contributed by atoms with Crippen molar-refractivity contribution < 1.29 is 8.91 Å². The first-order valence-corrected chi connectivity index (χ1v) is 6.31. The fraction of sp³-hybridized carbons (Fsp3) is 0.833. The molecule has 1 aliphatic rings. The highest BCUT2D eigenvalue weighted by atomic mass is 19.1. The largest absolute Gasteiger partial charge is 0.338 e. The second-order valence-corrected chi connectivity index (χ2v) is 4.25. The second kappa shape index (κ2) is 6.69. The van der Waals surface area contributed by atoms with Crippen molar-refractivity contribution in [3.63, 3.8) is 0 Å². The minimum atomic E-state index is -0.734. The van der Waals surface area contributed by atoms with Crippen molar-refractivity contribution in [1.82, 2.24) is 15.0 Å². The molecule has 1 aromatic rings. The van der Waals surface area contributed by atoms with E-state index in [4.69, 9.17) is 4.52 Å². The zero-order valence-electron chi connectivity index (χ0n) is 11.1. The van der Waals surface area contributed by atoms with Crippen LogP contribution >= 0.6 is 0 Å². The second-order valence-electron chi connectivity index (χ2n) is 4.25. The molecule has 17 heavy (non-hydrogen) atoms. The molecule has 0 aliphatic carbocycles. The SMILES string of the molecule is CC.Cc1noc(CN2CCC(C)C(F)C2)n1. The van der Waals surface area contributed by atoms with E-state index >= 15 is 0 Å². The summed E-state index contributed by atoms with van der Waals surface area (Å²) in [6, 6.07) is 0. The van der Waals surface area contributed by atoms with E-state index < -0.39 is 6.17 Å². The molecule has 4 nitrogen and oxygen atoms in total. The highest BCUT2D eigenvalue weighted by molar-refractivity contribution is 4.85. The number of rotatable bonds is 2. The molecule has 0 amide bonds. The number of aromatic nitrogens is 2. The van der Waals surface area contributed by atoms with E-state index in [1.165, 1.54) is 0 Å². The lowest BCUT2D eigenvalue weighted by Gasteiger charge is -2.31. The van der Waals surface area contributed by atoms with Gasteiger partial charge in [-0.05, 0) is 25.8 Å². The van der Waals surface area contributed by atoms with Gasteiger partial charge in [0.2, 0.25) is 5.89 Å². The molecule has 0 N–H and O–H groups in total. The number of hydrogen-bond acceptors (Lipinski definition) is 4. The van der Waals surface area contributed by atoms with Gasteiger partial charge in [-0.2, -0.15) is 4.98 Å². The predicted molar refractivity (Wildman–Crippen MR) is 64.3 cm³/mol. The van der Waals surface area contributed by atoms with Crippen LogP contribution in [-0.4, -0.2) is 34.3 Å². The normalized spacial score (nSPS) is 25.2. The van der Waals surface area contributed by atoms with Gasteiger partial charge in [0.05, 0.1) is 6.54 Å². The van der Waals surface area contributed by atoms with Crippen molar-refractivity contribution in [2.45, 2.75) is 46.8 Å². The third-order valence-electron chi connectivity index (χ3n) is 2.88. The Morgan fingerprint density at radius 1 is 1.47 bits per heavy atom. The van der Waals surface area contributed by atoms with Crippen LogP contribution in [-0.2, 0) is 6.54 Å². The van der Waals surface area contributed by atoms with Gasteiger partial charge in [0, 0.05) is 6.54 Å². The number of likely N-dealkylation sites (tertiary alicyclic amines) is 1. The molecule has 1 aliphatic heterocycles. The summed E-state index contributed by atoms with van der Waals surface area (Å²) in [6.45, 7) is 9.68. The standard InChI is InChI=1S/C10H16FN3O.C2H6/c1-7-3-4-14(5-9(7)11)6-10-12-8(2)13-15-10;1-2/h7,9H,3-6H2,1-2H3;1-2H3. The fourth-order valence-electron chi connectivity index (χ4n) is 1.82. The van der Waals surface area contributed by atoms with Crippen LogP contribution in [0.1, 0.15) is 38.9 Å². The van der Waals surface area contributed by atoms with Crippen LogP contribution in [0.25, 0.3) is 0 Å². The van der Waals surface area contributed by atoms with Gasteiger partial charge in [-0.15, -0.1) is 0 Å². The Bertz CT molecular complexity index is 329. The summed E-state index contributed by atoms with van der Waals surface area (Å²) < 4.78 is 18.4. The first-order valence-electron chi connectivity index (χ1n) is 6.31. The van der Waals surface area contributed by atoms with Crippen molar-refractivity contribution in [1.29, 1.82) is 0 Å². The number of piperidine rings is 1. The van der Waals surface area contributed by atoms with E-state index in [1.54, 1.807) is 6.92 Å². The highest BCUT2D eigenvalue weighted by Crippen LogP contribution is 2.20. The van der Waals surface area contributed by atoms with Crippen LogP contribution in [0, 0.1) is 12.8 Å². The van der Waals surface area contributed by atoms with Crippen LogP contribution < -0.4 is 0 Å². The van der Waals surface area contributed by atoms with Crippen molar-refractivity contribution >= 4 is 0 Å². The molecule has 0 bridgehead atoms. The molecule has 2 heterocycles. The quantitative estimate of drug-likeness (QED) is 0.800. The minimum absolute atomic E-state index is 0.172. The van der Waals surface area contributed by atoms with E-state index in [2.05, 4.69) is 10.1 Å². The van der Waals surface area contributed by atoms with E-state index in [-0.39, 0.29) is 5.92 Å². The molecule has 1 saturated heterocycles. The number of hydrogen-bond donors (Lipinski definition) is 0. The molecule has 1 aromatic heterocycles. The molecule has 0 spiro atoms. The average molecular weight is 243 g/mol. The first-order chi connectivity index (χ1) is 8.15. The lowest BCUT2D eigenvalue weighted by atomic mass is 9.97. The maximum atomic E-state index is 13.4. The molecule has 0 radical (unpaired) electrons. The Labute approximate surface area is 102 Å². The van der Waals surface area contributed by atoms with E-state index in [0.717, 1.165) is 13.0 Å². The number of aryl methyl sites for hydroxylation is 1. The smallest absolute Gasteiger partial charge is 0.240 e. The molecule has 2 unspecified atom stereocenters. The van der Waals surface area contributed by atoms with Crippen LogP contribution in [0.4, 0.5) is 4.39 Å². The van der Waals surface area contributed by atoms with Gasteiger partial charge in [-0.3, -0.25) is 4.90 Å². The van der Waals surface area contributed by atoms with E-state index in [9.17, 15) is 4.39 Å². The Balaban J connectivity index is 0.000000686. The van der Waals surface area contributed by atoms with Gasteiger partial charge in [0.1, 0.15) is 6.17 Å². The van der Waals surface area contributed by atoms with Crippen LogP contribution in [0.5, 0.6) is 0 Å². The molecular weight excluding hydrogens is 221 g/mol. The lowest BCUT2D eigenvalue weighted by molar-refractivity contribution is 0.0809. The molecule has 5 heteroatoms. The maximum absolute atomic E-state index is 13.4. The third-order valence-corrected chi connectivity index (χ3v) is 2.88. The predicted octanol–water partition coefficient (Wildman–Crippen LogP) is 2.58. The third kappa shape index (κ3) is 4.07. The minimum Gasteiger partial charge on any atom is -0.338 e. The summed E-state index contributed by atoms with van der Waals surface area (Å²) in [4.78, 5) is 6.13. The van der Waals surface area contributed by atoms with Crippen molar-refractivity contribution in [2.24, 2.45) is 5.92 Å². The Morgan fingerprint density at radius 3 is 2.71 bits per heavy atom. The molecule has 0 aromatic carbocycles. The zero-order valence-corrected chi connectivity index (χ0v) is 11.1. The van der Waals surface area contributed by atoms with E-state index in [0.29, 0.717) is 24.8 Å².